The Bertz CT molecular complexity index is 434. The number of carbonyl (C=O) groups excluding carboxylic acids is 1. The van der Waals surface area contributed by atoms with E-state index in [1.54, 1.807) is 0 Å². The molecular weight excluding hydrogens is 198 g/mol. The number of nitrogens with zero attached hydrogens (tertiary/aromatic N) is 3. The van der Waals surface area contributed by atoms with Crippen molar-refractivity contribution < 1.29 is 9.63 Å². The third-order valence-corrected chi connectivity index (χ3v) is 2.16. The van der Waals surface area contributed by atoms with Crippen LogP contribution in [0, 0.1) is 0 Å². The zero-order valence-corrected chi connectivity index (χ0v) is 8.34. The molecule has 0 spiro atoms. The molecule has 1 amide bonds. The molecule has 2 rings (SSSR count). The van der Waals surface area contributed by atoms with E-state index < -0.39 is 0 Å². The van der Waals surface area contributed by atoms with E-state index in [1.165, 1.54) is 24.2 Å². The molecule has 0 atom stereocenters. The van der Waals surface area contributed by atoms with E-state index in [0.29, 0.717) is 13.2 Å². The van der Waals surface area contributed by atoms with E-state index in [9.17, 15) is 9.59 Å². The SMILES string of the molecule is Cn1nc(C(=O)N2CCCO2)ccc1=O. The molecule has 2 heterocycles. The third kappa shape index (κ3) is 1.89. The van der Waals surface area contributed by atoms with Crippen molar-refractivity contribution >= 4 is 5.91 Å². The van der Waals surface area contributed by atoms with Crippen LogP contribution in [0.5, 0.6) is 0 Å². The highest BCUT2D eigenvalue weighted by molar-refractivity contribution is 5.91. The second-order valence-corrected chi connectivity index (χ2v) is 3.27. The van der Waals surface area contributed by atoms with Gasteiger partial charge in [0.1, 0.15) is 0 Å². The Hall–Kier alpha value is -1.69. The van der Waals surface area contributed by atoms with E-state index in [4.69, 9.17) is 4.84 Å². The topological polar surface area (TPSA) is 64.4 Å². The van der Waals surface area contributed by atoms with Crippen LogP contribution >= 0.6 is 0 Å². The van der Waals surface area contributed by atoms with E-state index in [-0.39, 0.29) is 17.2 Å². The number of amides is 1. The van der Waals surface area contributed by atoms with Gasteiger partial charge < -0.3 is 0 Å². The molecule has 0 aliphatic carbocycles. The lowest BCUT2D eigenvalue weighted by Gasteiger charge is -2.12. The Balaban J connectivity index is 2.25. The molecule has 0 saturated carbocycles. The summed E-state index contributed by atoms with van der Waals surface area (Å²) < 4.78 is 1.13. The zero-order chi connectivity index (χ0) is 10.8. The summed E-state index contributed by atoms with van der Waals surface area (Å²) >= 11 is 0. The van der Waals surface area contributed by atoms with E-state index in [1.807, 2.05) is 0 Å². The number of carbonyl (C=O) groups is 1. The van der Waals surface area contributed by atoms with Gasteiger partial charge in [-0.3, -0.25) is 14.4 Å². The van der Waals surface area contributed by atoms with Crippen LogP contribution in [0.25, 0.3) is 0 Å². The molecule has 80 valence electrons. The van der Waals surface area contributed by atoms with Crippen LogP contribution in [0.1, 0.15) is 16.9 Å². The lowest BCUT2D eigenvalue weighted by molar-refractivity contribution is -0.0773. The minimum Gasteiger partial charge on any atom is -0.271 e. The first kappa shape index (κ1) is 9.85. The summed E-state index contributed by atoms with van der Waals surface area (Å²) in [6.07, 6.45) is 0.831. The van der Waals surface area contributed by atoms with Gasteiger partial charge in [0.15, 0.2) is 5.69 Å². The van der Waals surface area contributed by atoms with Crippen molar-refractivity contribution in [2.24, 2.45) is 7.05 Å². The van der Waals surface area contributed by atoms with Crippen molar-refractivity contribution in [1.82, 2.24) is 14.8 Å². The largest absolute Gasteiger partial charge is 0.297 e. The number of hydrogen-bond donors (Lipinski definition) is 0. The number of aryl methyl sites for hydroxylation is 1. The van der Waals surface area contributed by atoms with Crippen LogP contribution in [0.4, 0.5) is 0 Å². The Morgan fingerprint density at radius 2 is 2.33 bits per heavy atom. The molecule has 1 aliphatic rings. The van der Waals surface area contributed by atoms with Crippen LogP contribution in [0.15, 0.2) is 16.9 Å². The van der Waals surface area contributed by atoms with Gasteiger partial charge in [-0.15, -0.1) is 0 Å². The molecule has 0 bridgehead atoms. The molecule has 15 heavy (non-hydrogen) atoms. The van der Waals surface area contributed by atoms with Gasteiger partial charge in [0.25, 0.3) is 11.5 Å². The first-order valence-electron chi connectivity index (χ1n) is 4.67. The molecule has 0 radical (unpaired) electrons. The van der Waals surface area contributed by atoms with E-state index in [2.05, 4.69) is 5.10 Å². The Morgan fingerprint density at radius 1 is 1.53 bits per heavy atom. The fourth-order valence-electron chi connectivity index (χ4n) is 1.35. The van der Waals surface area contributed by atoms with Crippen molar-refractivity contribution in [2.75, 3.05) is 13.2 Å². The van der Waals surface area contributed by atoms with Gasteiger partial charge >= 0.3 is 0 Å². The molecule has 6 nitrogen and oxygen atoms in total. The van der Waals surface area contributed by atoms with Gasteiger partial charge in [0, 0.05) is 13.1 Å². The number of aromatic nitrogens is 2. The standard InChI is InChI=1S/C9H11N3O3/c1-11-8(13)4-3-7(10-11)9(14)12-5-2-6-15-12/h3-4H,2,5-6H2,1H3. The minimum atomic E-state index is -0.303. The monoisotopic (exact) mass is 209 g/mol. The summed E-state index contributed by atoms with van der Waals surface area (Å²) in [6, 6.07) is 2.72. The number of rotatable bonds is 1. The number of hydrogen-bond acceptors (Lipinski definition) is 4. The van der Waals surface area contributed by atoms with E-state index in [0.717, 1.165) is 11.1 Å². The highest BCUT2D eigenvalue weighted by Crippen LogP contribution is 2.08. The van der Waals surface area contributed by atoms with Crippen molar-refractivity contribution in [2.45, 2.75) is 6.42 Å². The average Bonchev–Trinajstić information content (AvgIpc) is 2.74. The smallest absolute Gasteiger partial charge is 0.271 e. The molecule has 0 unspecified atom stereocenters. The van der Waals surface area contributed by atoms with E-state index >= 15 is 0 Å². The molecule has 0 N–H and O–H groups in total. The van der Waals surface area contributed by atoms with Crippen molar-refractivity contribution in [3.63, 3.8) is 0 Å². The molecule has 1 aromatic heterocycles. The second kappa shape index (κ2) is 3.82. The first-order chi connectivity index (χ1) is 7.18. The fraction of sp³-hybridized carbons (Fsp3) is 0.444. The van der Waals surface area contributed by atoms with Crippen molar-refractivity contribution in [3.05, 3.63) is 28.2 Å². The molecule has 1 saturated heterocycles. The lowest BCUT2D eigenvalue weighted by Crippen LogP contribution is -2.30. The Morgan fingerprint density at radius 3 is 2.93 bits per heavy atom. The van der Waals surface area contributed by atoms with Gasteiger partial charge in [-0.05, 0) is 12.5 Å². The third-order valence-electron chi connectivity index (χ3n) is 2.16. The fourth-order valence-corrected chi connectivity index (χ4v) is 1.35. The molecule has 0 aromatic carbocycles. The molecule has 6 heteroatoms. The summed E-state index contributed by atoms with van der Waals surface area (Å²) in [7, 11) is 1.50. The van der Waals surface area contributed by atoms with Crippen LogP contribution < -0.4 is 5.56 Å². The van der Waals surface area contributed by atoms with Gasteiger partial charge in [-0.1, -0.05) is 0 Å². The van der Waals surface area contributed by atoms with Gasteiger partial charge in [-0.25, -0.2) is 9.75 Å². The normalized spacial score (nSPS) is 15.7. The summed E-state index contributed by atoms with van der Waals surface area (Å²) in [5, 5.41) is 5.12. The maximum atomic E-state index is 11.7. The van der Waals surface area contributed by atoms with Gasteiger partial charge in [-0.2, -0.15) is 5.10 Å². The highest BCUT2D eigenvalue weighted by Gasteiger charge is 2.22. The quantitative estimate of drug-likeness (QED) is 0.629. The molecular formula is C9H11N3O3. The average molecular weight is 209 g/mol. The summed E-state index contributed by atoms with van der Waals surface area (Å²) in [5.41, 5.74) is -0.0205. The Labute approximate surface area is 86.0 Å². The summed E-state index contributed by atoms with van der Waals surface area (Å²) in [4.78, 5) is 27.9. The van der Waals surface area contributed by atoms with Gasteiger partial charge in [0.2, 0.25) is 0 Å². The Kier molecular flexibility index (Phi) is 2.51. The molecule has 1 fully saturated rings. The molecule has 1 aliphatic heterocycles. The van der Waals surface area contributed by atoms with Crippen LogP contribution in [0.2, 0.25) is 0 Å². The lowest BCUT2D eigenvalue weighted by atomic mass is 10.3. The number of hydroxylamine groups is 2. The van der Waals surface area contributed by atoms with Crippen molar-refractivity contribution in [1.29, 1.82) is 0 Å². The van der Waals surface area contributed by atoms with Gasteiger partial charge in [0.05, 0.1) is 13.2 Å². The second-order valence-electron chi connectivity index (χ2n) is 3.27. The van der Waals surface area contributed by atoms with Crippen LogP contribution in [-0.2, 0) is 11.9 Å². The summed E-state index contributed by atoms with van der Waals surface area (Å²) in [6.45, 7) is 1.13. The van der Waals surface area contributed by atoms with Crippen molar-refractivity contribution in [3.8, 4) is 0 Å². The minimum absolute atomic E-state index is 0.221. The highest BCUT2D eigenvalue weighted by atomic mass is 16.7. The predicted molar refractivity (Wildman–Crippen MR) is 51.1 cm³/mol. The summed E-state index contributed by atoms with van der Waals surface area (Å²) in [5.74, 6) is -0.303. The zero-order valence-electron chi connectivity index (χ0n) is 8.34. The maximum Gasteiger partial charge on any atom is 0.297 e. The predicted octanol–water partition coefficient (Wildman–Crippen LogP) is -0.442. The van der Waals surface area contributed by atoms with Crippen LogP contribution in [0.3, 0.4) is 0 Å². The van der Waals surface area contributed by atoms with Crippen LogP contribution in [-0.4, -0.2) is 33.9 Å². The maximum absolute atomic E-state index is 11.7. The first-order valence-corrected chi connectivity index (χ1v) is 4.67. The molecule has 1 aromatic rings.